The Kier molecular flexibility index (Phi) is 4.75. The Hall–Kier alpha value is -1.08. The molecule has 16 heavy (non-hydrogen) atoms. The molecule has 0 saturated heterocycles. The average molecular weight is 217 g/mol. The van der Waals surface area contributed by atoms with Crippen LogP contribution in [-0.4, -0.2) is 6.04 Å². The summed E-state index contributed by atoms with van der Waals surface area (Å²) < 4.78 is 0. The number of aryl methyl sites for hydroxylation is 2. The lowest BCUT2D eigenvalue weighted by Gasteiger charge is -2.14. The third-order valence-electron chi connectivity index (χ3n) is 2.93. The molecular formula is C15H23N. The first-order valence-corrected chi connectivity index (χ1v) is 5.95. The van der Waals surface area contributed by atoms with Crippen LogP contribution >= 0.6 is 0 Å². The predicted molar refractivity (Wildman–Crippen MR) is 71.6 cm³/mol. The van der Waals surface area contributed by atoms with E-state index in [4.69, 9.17) is 5.73 Å². The molecule has 0 fully saturated rings. The Morgan fingerprint density at radius 1 is 1.38 bits per heavy atom. The van der Waals surface area contributed by atoms with Crippen LogP contribution in [0.1, 0.15) is 36.5 Å². The molecule has 1 unspecified atom stereocenters. The molecule has 0 spiro atoms. The maximum absolute atomic E-state index is 6.13. The van der Waals surface area contributed by atoms with Gasteiger partial charge in [-0.05, 0) is 51.2 Å². The summed E-state index contributed by atoms with van der Waals surface area (Å²) in [7, 11) is 0. The second-order valence-corrected chi connectivity index (χ2v) is 4.89. The number of hydrogen-bond acceptors (Lipinski definition) is 1. The second kappa shape index (κ2) is 5.86. The molecule has 1 atom stereocenters. The van der Waals surface area contributed by atoms with Crippen LogP contribution in [0.2, 0.25) is 0 Å². The minimum atomic E-state index is 0.247. The van der Waals surface area contributed by atoms with Crippen LogP contribution in [-0.2, 0) is 6.42 Å². The van der Waals surface area contributed by atoms with Crippen LogP contribution < -0.4 is 5.73 Å². The van der Waals surface area contributed by atoms with Crippen molar-refractivity contribution in [3.63, 3.8) is 0 Å². The molecule has 1 aromatic rings. The normalized spacial score (nSPS) is 12.5. The summed E-state index contributed by atoms with van der Waals surface area (Å²) >= 11 is 0. The molecule has 1 aromatic carbocycles. The fraction of sp³-hybridized carbons (Fsp3) is 0.467. The van der Waals surface area contributed by atoms with Crippen LogP contribution in [0.3, 0.4) is 0 Å². The highest BCUT2D eigenvalue weighted by Crippen LogP contribution is 2.14. The summed E-state index contributed by atoms with van der Waals surface area (Å²) in [5.41, 5.74) is 11.4. The highest BCUT2D eigenvalue weighted by atomic mass is 14.6. The maximum atomic E-state index is 6.13. The van der Waals surface area contributed by atoms with E-state index in [1.165, 1.54) is 22.3 Å². The van der Waals surface area contributed by atoms with E-state index in [1.807, 2.05) is 0 Å². The van der Waals surface area contributed by atoms with Crippen molar-refractivity contribution in [1.82, 2.24) is 0 Å². The van der Waals surface area contributed by atoms with E-state index in [0.29, 0.717) is 0 Å². The van der Waals surface area contributed by atoms with Crippen molar-refractivity contribution in [2.45, 2.75) is 46.1 Å². The molecule has 0 bridgehead atoms. The lowest BCUT2D eigenvalue weighted by atomic mass is 9.96. The third-order valence-corrected chi connectivity index (χ3v) is 2.93. The lowest BCUT2D eigenvalue weighted by molar-refractivity contribution is 0.607. The number of rotatable bonds is 5. The Morgan fingerprint density at radius 3 is 2.69 bits per heavy atom. The third kappa shape index (κ3) is 4.19. The van der Waals surface area contributed by atoms with Gasteiger partial charge in [-0.2, -0.15) is 0 Å². The van der Waals surface area contributed by atoms with Gasteiger partial charge in [-0.25, -0.2) is 0 Å². The molecule has 1 nitrogen and oxygen atoms in total. The summed E-state index contributed by atoms with van der Waals surface area (Å²) in [4.78, 5) is 0. The van der Waals surface area contributed by atoms with Gasteiger partial charge >= 0.3 is 0 Å². The van der Waals surface area contributed by atoms with E-state index in [9.17, 15) is 0 Å². The smallest absolute Gasteiger partial charge is 0.00824 e. The minimum absolute atomic E-state index is 0.247. The second-order valence-electron chi connectivity index (χ2n) is 4.89. The van der Waals surface area contributed by atoms with Crippen molar-refractivity contribution in [2.75, 3.05) is 0 Å². The van der Waals surface area contributed by atoms with Crippen molar-refractivity contribution in [1.29, 1.82) is 0 Å². The summed E-state index contributed by atoms with van der Waals surface area (Å²) in [5.74, 6) is 0. The van der Waals surface area contributed by atoms with E-state index in [1.54, 1.807) is 0 Å². The molecule has 0 amide bonds. The molecule has 0 aliphatic heterocycles. The summed E-state index contributed by atoms with van der Waals surface area (Å²) in [6, 6.07) is 6.82. The van der Waals surface area contributed by atoms with Crippen LogP contribution in [0.25, 0.3) is 0 Å². The topological polar surface area (TPSA) is 26.0 Å². The number of benzene rings is 1. The largest absolute Gasteiger partial charge is 0.327 e. The summed E-state index contributed by atoms with van der Waals surface area (Å²) in [6.07, 6.45) is 3.04. The van der Waals surface area contributed by atoms with Gasteiger partial charge in [-0.3, -0.25) is 0 Å². The molecule has 0 aliphatic carbocycles. The monoisotopic (exact) mass is 217 g/mol. The van der Waals surface area contributed by atoms with Crippen LogP contribution in [0.4, 0.5) is 0 Å². The predicted octanol–water partition coefficient (Wildman–Crippen LogP) is 3.53. The molecule has 0 radical (unpaired) electrons. The quantitative estimate of drug-likeness (QED) is 0.750. The highest BCUT2D eigenvalue weighted by molar-refractivity contribution is 5.31. The summed E-state index contributed by atoms with van der Waals surface area (Å²) in [6.45, 7) is 10.3. The van der Waals surface area contributed by atoms with Crippen molar-refractivity contribution in [3.05, 3.63) is 47.0 Å². The molecule has 0 aromatic heterocycles. The molecule has 0 aliphatic rings. The molecule has 88 valence electrons. The van der Waals surface area contributed by atoms with Gasteiger partial charge in [0.05, 0.1) is 0 Å². The molecule has 1 heteroatoms. The number of allylic oxidation sites excluding steroid dienone is 1. The molecule has 2 N–H and O–H groups in total. The zero-order valence-corrected chi connectivity index (χ0v) is 10.7. The minimum Gasteiger partial charge on any atom is -0.327 e. The highest BCUT2D eigenvalue weighted by Gasteiger charge is 2.06. The van der Waals surface area contributed by atoms with E-state index in [2.05, 4.69) is 45.5 Å². The fourth-order valence-electron chi connectivity index (χ4n) is 1.84. The average Bonchev–Trinajstić information content (AvgIpc) is 2.20. The van der Waals surface area contributed by atoms with Crippen molar-refractivity contribution < 1.29 is 0 Å². The molecule has 0 saturated carbocycles. The van der Waals surface area contributed by atoms with Gasteiger partial charge in [0, 0.05) is 6.04 Å². The van der Waals surface area contributed by atoms with Gasteiger partial charge in [0.25, 0.3) is 0 Å². The Labute approximate surface area is 99.4 Å². The zero-order valence-electron chi connectivity index (χ0n) is 10.7. The molecule has 1 rings (SSSR count). The van der Waals surface area contributed by atoms with E-state index in [-0.39, 0.29) is 6.04 Å². The lowest BCUT2D eigenvalue weighted by Crippen LogP contribution is -2.23. The molecule has 0 heterocycles. The van der Waals surface area contributed by atoms with E-state index < -0.39 is 0 Å². The van der Waals surface area contributed by atoms with Gasteiger partial charge in [-0.15, -0.1) is 6.58 Å². The first-order valence-electron chi connectivity index (χ1n) is 5.95. The van der Waals surface area contributed by atoms with Gasteiger partial charge in [0.2, 0.25) is 0 Å². The maximum Gasteiger partial charge on any atom is 0.00824 e. The Bertz CT molecular complexity index is 366. The standard InChI is InChI=1S/C15H23N/c1-11(2)5-8-15(16)10-14-9-12(3)6-7-13(14)4/h6-7,9,15H,1,5,8,10,16H2,2-4H3. The van der Waals surface area contributed by atoms with Gasteiger partial charge in [0.1, 0.15) is 0 Å². The fourth-order valence-corrected chi connectivity index (χ4v) is 1.84. The Morgan fingerprint density at radius 2 is 2.06 bits per heavy atom. The number of nitrogens with two attached hydrogens (primary N) is 1. The van der Waals surface area contributed by atoms with Gasteiger partial charge in [0.15, 0.2) is 0 Å². The first-order chi connectivity index (χ1) is 7.49. The summed E-state index contributed by atoms with van der Waals surface area (Å²) in [5, 5.41) is 0. The van der Waals surface area contributed by atoms with Crippen LogP contribution in [0, 0.1) is 13.8 Å². The van der Waals surface area contributed by atoms with Crippen LogP contribution in [0.15, 0.2) is 30.4 Å². The van der Waals surface area contributed by atoms with Crippen LogP contribution in [0.5, 0.6) is 0 Å². The van der Waals surface area contributed by atoms with E-state index in [0.717, 1.165) is 19.3 Å². The number of hydrogen-bond donors (Lipinski definition) is 1. The van der Waals surface area contributed by atoms with Crippen molar-refractivity contribution in [3.8, 4) is 0 Å². The SMILES string of the molecule is C=C(C)CCC(N)Cc1cc(C)ccc1C. The first kappa shape index (κ1) is 13.0. The van der Waals surface area contributed by atoms with Gasteiger partial charge < -0.3 is 5.73 Å². The van der Waals surface area contributed by atoms with Crippen molar-refractivity contribution in [2.24, 2.45) is 5.73 Å². The van der Waals surface area contributed by atoms with Gasteiger partial charge in [-0.1, -0.05) is 29.3 Å². The van der Waals surface area contributed by atoms with Crippen molar-refractivity contribution >= 4 is 0 Å². The Balaban J connectivity index is 2.58. The zero-order chi connectivity index (χ0) is 12.1. The molecular weight excluding hydrogens is 194 g/mol. The van der Waals surface area contributed by atoms with E-state index >= 15 is 0 Å².